The van der Waals surface area contributed by atoms with Crippen molar-refractivity contribution in [3.63, 3.8) is 0 Å². The molecular weight excluding hydrogens is 144 g/mol. The van der Waals surface area contributed by atoms with Gasteiger partial charge in [0.2, 0.25) is 6.79 Å². The van der Waals surface area contributed by atoms with Crippen LogP contribution in [-0.2, 0) is 14.7 Å². The summed E-state index contributed by atoms with van der Waals surface area (Å²) in [7, 11) is 2.39. The molecule has 0 saturated carbocycles. The number of rotatable bonds is 5. The standard InChI is InChI=1S/C3H10N2O5/c1-4(6)8-3-9-10-5(2)7/h4-5H,3H2,1-2H3. The summed E-state index contributed by atoms with van der Waals surface area (Å²) in [4.78, 5) is 12.3. The van der Waals surface area contributed by atoms with E-state index in [9.17, 15) is 10.4 Å². The van der Waals surface area contributed by atoms with Gasteiger partial charge >= 0.3 is 0 Å². The van der Waals surface area contributed by atoms with Crippen LogP contribution in [0.25, 0.3) is 0 Å². The summed E-state index contributed by atoms with van der Waals surface area (Å²) in [6.07, 6.45) is 0. The van der Waals surface area contributed by atoms with Gasteiger partial charge < -0.3 is 10.4 Å². The van der Waals surface area contributed by atoms with E-state index in [0.717, 1.165) is 0 Å². The zero-order valence-electron chi connectivity index (χ0n) is 5.75. The number of quaternary nitrogens is 2. The molecule has 0 radical (unpaired) electrons. The Bertz CT molecular complexity index is 67.3. The molecule has 0 amide bonds. The van der Waals surface area contributed by atoms with Crippen molar-refractivity contribution in [2.75, 3.05) is 20.9 Å². The minimum Gasteiger partial charge on any atom is -0.600 e. The summed E-state index contributed by atoms with van der Waals surface area (Å²) in [6, 6.07) is 0. The van der Waals surface area contributed by atoms with Gasteiger partial charge in [0.05, 0.1) is 14.1 Å². The van der Waals surface area contributed by atoms with Gasteiger partial charge in [-0.3, -0.25) is 0 Å². The molecule has 0 fully saturated rings. The molecule has 0 aromatic carbocycles. The van der Waals surface area contributed by atoms with Crippen molar-refractivity contribution >= 4 is 0 Å². The van der Waals surface area contributed by atoms with Crippen LogP contribution in [-0.4, -0.2) is 20.9 Å². The van der Waals surface area contributed by atoms with Gasteiger partial charge in [0, 0.05) is 0 Å². The van der Waals surface area contributed by atoms with E-state index in [1.165, 1.54) is 14.1 Å². The van der Waals surface area contributed by atoms with E-state index in [4.69, 9.17) is 0 Å². The maximum atomic E-state index is 10.0. The first-order valence-corrected chi connectivity index (χ1v) is 2.56. The van der Waals surface area contributed by atoms with E-state index in [-0.39, 0.29) is 6.79 Å². The largest absolute Gasteiger partial charge is 0.600 e. The second kappa shape index (κ2) is 5.50. The third-order valence-electron chi connectivity index (χ3n) is 0.487. The van der Waals surface area contributed by atoms with Gasteiger partial charge in [-0.05, 0) is 4.99 Å². The van der Waals surface area contributed by atoms with Crippen LogP contribution in [0.5, 0.6) is 0 Å². The number of hydroxylamine groups is 4. The number of nitrogens with one attached hydrogen (secondary N) is 2. The molecule has 0 aromatic heterocycles. The van der Waals surface area contributed by atoms with Crippen molar-refractivity contribution in [3.8, 4) is 0 Å². The fourth-order valence-corrected chi connectivity index (χ4v) is 0.214. The molecule has 7 nitrogen and oxygen atoms in total. The lowest BCUT2D eigenvalue weighted by Gasteiger charge is -2.14. The number of hydrogen-bond acceptors (Lipinski definition) is 5. The monoisotopic (exact) mass is 154 g/mol. The summed E-state index contributed by atoms with van der Waals surface area (Å²) in [5.74, 6) is 0. The van der Waals surface area contributed by atoms with Crippen molar-refractivity contribution in [2.24, 2.45) is 0 Å². The highest BCUT2D eigenvalue weighted by molar-refractivity contribution is 3.85. The van der Waals surface area contributed by atoms with Gasteiger partial charge in [-0.25, -0.2) is 5.23 Å². The molecule has 7 heteroatoms. The predicted molar refractivity (Wildman–Crippen MR) is 28.6 cm³/mol. The van der Waals surface area contributed by atoms with Crippen LogP contribution >= 0.6 is 0 Å². The Morgan fingerprint density at radius 3 is 2.20 bits per heavy atom. The lowest BCUT2D eigenvalue weighted by atomic mass is 11.4. The summed E-state index contributed by atoms with van der Waals surface area (Å²) in [5.41, 5.74) is 0. The van der Waals surface area contributed by atoms with E-state index in [0.29, 0.717) is 0 Å². The van der Waals surface area contributed by atoms with Gasteiger partial charge in [0.15, 0.2) is 0 Å². The molecule has 0 saturated heterocycles. The average molecular weight is 154 g/mol. The molecule has 0 aromatic rings. The SMILES string of the molecule is C[NH+]([O-])OCOO[NH+](C)[O-]. The fourth-order valence-electron chi connectivity index (χ4n) is 0.214. The first-order chi connectivity index (χ1) is 4.63. The van der Waals surface area contributed by atoms with Gasteiger partial charge in [-0.15, -0.1) is 0 Å². The highest BCUT2D eigenvalue weighted by Crippen LogP contribution is 1.64. The molecule has 2 atom stereocenters. The summed E-state index contributed by atoms with van der Waals surface area (Å²) < 4.78 is 0. The lowest BCUT2D eigenvalue weighted by molar-refractivity contribution is -1.10. The highest BCUT2D eigenvalue weighted by atomic mass is 17.3. The Labute approximate surface area is 57.7 Å². The number of hydrogen-bond donors (Lipinski definition) is 2. The van der Waals surface area contributed by atoms with Crippen molar-refractivity contribution < 1.29 is 25.2 Å². The van der Waals surface area contributed by atoms with E-state index in [2.05, 4.69) is 14.7 Å². The lowest BCUT2D eigenvalue weighted by Crippen LogP contribution is -3.04. The van der Waals surface area contributed by atoms with Crippen molar-refractivity contribution in [3.05, 3.63) is 10.4 Å². The first kappa shape index (κ1) is 9.72. The van der Waals surface area contributed by atoms with Gasteiger partial charge in [-0.1, -0.05) is 0 Å². The minimum absolute atomic E-state index is 0.366. The van der Waals surface area contributed by atoms with Crippen LogP contribution < -0.4 is 10.5 Å². The first-order valence-electron chi connectivity index (χ1n) is 2.56. The zero-order valence-corrected chi connectivity index (χ0v) is 5.75. The maximum absolute atomic E-state index is 10.0. The normalized spacial score (nSPS) is 16.8. The fraction of sp³-hybridized carbons (Fsp3) is 1.00. The van der Waals surface area contributed by atoms with Crippen LogP contribution in [0.4, 0.5) is 0 Å². The Morgan fingerprint density at radius 1 is 1.20 bits per heavy atom. The Kier molecular flexibility index (Phi) is 5.35. The summed E-state index contributed by atoms with van der Waals surface area (Å²) in [6.45, 7) is -0.366. The third kappa shape index (κ3) is 7.72. The zero-order chi connectivity index (χ0) is 7.98. The minimum atomic E-state index is -0.591. The van der Waals surface area contributed by atoms with Crippen LogP contribution in [0.2, 0.25) is 0 Å². The molecule has 0 rings (SSSR count). The Hall–Kier alpha value is -0.280. The van der Waals surface area contributed by atoms with Gasteiger partial charge in [0.25, 0.3) is 0 Å². The van der Waals surface area contributed by atoms with Gasteiger partial charge in [-0.2, -0.15) is 15.0 Å². The molecular formula is C3H10N2O5. The van der Waals surface area contributed by atoms with Crippen LogP contribution in [0, 0.1) is 10.4 Å². The molecule has 0 heterocycles. The molecule has 0 aliphatic heterocycles. The molecule has 0 aliphatic carbocycles. The van der Waals surface area contributed by atoms with Crippen molar-refractivity contribution in [2.45, 2.75) is 0 Å². The summed E-state index contributed by atoms with van der Waals surface area (Å²) in [5, 5.41) is 19.0. The maximum Gasteiger partial charge on any atom is 0.244 e. The highest BCUT2D eigenvalue weighted by Gasteiger charge is 1.92. The molecule has 10 heavy (non-hydrogen) atoms. The molecule has 0 bridgehead atoms. The van der Waals surface area contributed by atoms with Crippen molar-refractivity contribution in [1.29, 1.82) is 0 Å². The summed E-state index contributed by atoms with van der Waals surface area (Å²) >= 11 is 0. The van der Waals surface area contributed by atoms with E-state index in [1.54, 1.807) is 0 Å². The Morgan fingerprint density at radius 2 is 1.80 bits per heavy atom. The van der Waals surface area contributed by atoms with Crippen LogP contribution in [0.15, 0.2) is 0 Å². The molecule has 0 spiro atoms. The second-order valence-electron chi connectivity index (χ2n) is 1.45. The average Bonchev–Trinajstić information content (AvgIpc) is 1.79. The van der Waals surface area contributed by atoms with Crippen molar-refractivity contribution in [1.82, 2.24) is 0 Å². The topological polar surface area (TPSA) is 82.7 Å². The molecule has 62 valence electrons. The predicted octanol–water partition coefficient (Wildman–Crippen LogP) is -3.24. The molecule has 0 aliphatic rings. The van der Waals surface area contributed by atoms with Crippen LogP contribution in [0.3, 0.4) is 0 Å². The second-order valence-corrected chi connectivity index (χ2v) is 1.45. The third-order valence-corrected chi connectivity index (χ3v) is 0.487. The van der Waals surface area contributed by atoms with E-state index in [1.807, 2.05) is 0 Å². The molecule has 2 N–H and O–H groups in total. The Balaban J connectivity index is 2.91. The quantitative estimate of drug-likeness (QED) is 0.188. The molecule has 2 unspecified atom stereocenters. The van der Waals surface area contributed by atoms with E-state index >= 15 is 0 Å². The van der Waals surface area contributed by atoms with E-state index < -0.39 is 10.5 Å². The smallest absolute Gasteiger partial charge is 0.244 e. The van der Waals surface area contributed by atoms with Gasteiger partial charge in [0.1, 0.15) is 0 Å². The van der Waals surface area contributed by atoms with Crippen LogP contribution in [0.1, 0.15) is 0 Å².